The molecule has 166 valence electrons. The van der Waals surface area contributed by atoms with Crippen LogP contribution >= 0.6 is 11.6 Å². The first kappa shape index (κ1) is 22.3. The Hall–Kier alpha value is -2.90. The van der Waals surface area contributed by atoms with Gasteiger partial charge in [-0.15, -0.1) is 0 Å². The van der Waals surface area contributed by atoms with Crippen molar-refractivity contribution in [1.29, 1.82) is 0 Å². The molecular weight excluding hydrogens is 451 g/mol. The Morgan fingerprint density at radius 2 is 1.72 bits per heavy atom. The Labute approximate surface area is 191 Å². The summed E-state index contributed by atoms with van der Waals surface area (Å²) >= 11 is 6.21. The van der Waals surface area contributed by atoms with Gasteiger partial charge in [0.2, 0.25) is 0 Å². The quantitative estimate of drug-likeness (QED) is 0.501. The zero-order chi connectivity index (χ0) is 22.9. The van der Waals surface area contributed by atoms with E-state index >= 15 is 0 Å². The van der Waals surface area contributed by atoms with Gasteiger partial charge in [-0.25, -0.2) is 12.8 Å². The Morgan fingerprint density at radius 3 is 2.34 bits per heavy atom. The number of benzene rings is 3. The topological polar surface area (TPSA) is 66.5 Å². The lowest BCUT2D eigenvalue weighted by Gasteiger charge is -2.23. The summed E-state index contributed by atoms with van der Waals surface area (Å²) in [5.41, 5.74) is 2.61. The number of sulfonamides is 1. The molecule has 0 heterocycles. The Bertz CT molecular complexity index is 1240. The molecule has 0 spiro atoms. The minimum Gasteiger partial charge on any atom is -0.331 e. The molecule has 3 aromatic rings. The molecule has 1 aliphatic rings. The van der Waals surface area contributed by atoms with Crippen molar-refractivity contribution in [3.63, 3.8) is 0 Å². The summed E-state index contributed by atoms with van der Waals surface area (Å²) in [5, 5.41) is 0.156. The number of amides is 1. The van der Waals surface area contributed by atoms with Crippen molar-refractivity contribution in [3.05, 3.63) is 94.3 Å². The molecule has 1 N–H and O–H groups in total. The van der Waals surface area contributed by atoms with Crippen LogP contribution in [0.4, 0.5) is 10.1 Å². The van der Waals surface area contributed by atoms with E-state index in [-0.39, 0.29) is 27.6 Å². The molecule has 0 atom stereocenters. The standard InChI is InChI=1S/C24H22ClFN2O3S/c1-16-2-4-17(5-3-16)15-28(20-9-10-20)24(29)18-6-13-22(25)23(14-18)27-32(30,31)21-11-7-19(26)8-12-21/h2-8,11-14,20,27H,9-10,15H2,1H3. The van der Waals surface area contributed by atoms with E-state index in [4.69, 9.17) is 11.6 Å². The summed E-state index contributed by atoms with van der Waals surface area (Å²) in [6, 6.07) is 17.2. The van der Waals surface area contributed by atoms with Crippen LogP contribution in [0.5, 0.6) is 0 Å². The molecular formula is C24H22ClFN2O3S. The first-order valence-electron chi connectivity index (χ1n) is 10.2. The molecule has 0 aliphatic heterocycles. The molecule has 8 heteroatoms. The molecule has 0 radical (unpaired) electrons. The molecule has 3 aromatic carbocycles. The van der Waals surface area contributed by atoms with Crippen LogP contribution in [0, 0.1) is 12.7 Å². The van der Waals surface area contributed by atoms with E-state index in [1.165, 1.54) is 12.1 Å². The van der Waals surface area contributed by atoms with Crippen LogP contribution in [-0.4, -0.2) is 25.3 Å². The van der Waals surface area contributed by atoms with Crippen LogP contribution in [0.3, 0.4) is 0 Å². The van der Waals surface area contributed by atoms with Crippen LogP contribution in [0.1, 0.15) is 34.3 Å². The molecule has 0 bridgehead atoms. The van der Waals surface area contributed by atoms with Gasteiger partial charge in [0.1, 0.15) is 5.82 Å². The van der Waals surface area contributed by atoms with Crippen molar-refractivity contribution in [1.82, 2.24) is 4.90 Å². The maximum Gasteiger partial charge on any atom is 0.261 e. The lowest BCUT2D eigenvalue weighted by molar-refractivity contribution is 0.0730. The fraction of sp³-hybridized carbons (Fsp3) is 0.208. The predicted molar refractivity (Wildman–Crippen MR) is 123 cm³/mol. The van der Waals surface area contributed by atoms with E-state index < -0.39 is 15.8 Å². The zero-order valence-electron chi connectivity index (χ0n) is 17.4. The van der Waals surface area contributed by atoms with Gasteiger partial charge < -0.3 is 4.90 Å². The molecule has 1 fully saturated rings. The number of anilines is 1. The van der Waals surface area contributed by atoms with Gasteiger partial charge in [-0.05, 0) is 67.8 Å². The van der Waals surface area contributed by atoms with Gasteiger partial charge in [0.05, 0.1) is 15.6 Å². The number of aryl methyl sites for hydroxylation is 1. The number of hydrogen-bond acceptors (Lipinski definition) is 3. The van der Waals surface area contributed by atoms with Crippen molar-refractivity contribution in [2.24, 2.45) is 0 Å². The van der Waals surface area contributed by atoms with Gasteiger partial charge in [0.25, 0.3) is 15.9 Å². The summed E-state index contributed by atoms with van der Waals surface area (Å²) in [6.45, 7) is 2.48. The molecule has 4 rings (SSSR count). The predicted octanol–water partition coefficient (Wildman–Crippen LogP) is 5.39. The van der Waals surface area contributed by atoms with Crippen molar-refractivity contribution in [2.75, 3.05) is 4.72 Å². The van der Waals surface area contributed by atoms with Crippen molar-refractivity contribution in [2.45, 2.75) is 37.2 Å². The monoisotopic (exact) mass is 472 g/mol. The number of hydrogen-bond donors (Lipinski definition) is 1. The number of halogens is 2. The third-order valence-corrected chi connectivity index (χ3v) is 7.01. The molecule has 1 saturated carbocycles. The maximum atomic E-state index is 13.3. The number of nitrogens with zero attached hydrogens (tertiary/aromatic N) is 1. The van der Waals surface area contributed by atoms with Gasteiger partial charge in [-0.2, -0.15) is 0 Å². The lowest BCUT2D eigenvalue weighted by Crippen LogP contribution is -2.32. The molecule has 0 aromatic heterocycles. The van der Waals surface area contributed by atoms with Crippen molar-refractivity contribution < 1.29 is 17.6 Å². The smallest absolute Gasteiger partial charge is 0.261 e. The van der Waals surface area contributed by atoms with Gasteiger partial charge in [0, 0.05) is 18.2 Å². The van der Waals surface area contributed by atoms with Gasteiger partial charge in [-0.3, -0.25) is 9.52 Å². The van der Waals surface area contributed by atoms with E-state index in [0.717, 1.165) is 48.2 Å². The molecule has 0 unspecified atom stereocenters. The second-order valence-electron chi connectivity index (χ2n) is 7.90. The molecule has 5 nitrogen and oxygen atoms in total. The zero-order valence-corrected chi connectivity index (χ0v) is 19.0. The maximum absolute atomic E-state index is 13.3. The minimum atomic E-state index is -4.00. The van der Waals surface area contributed by atoms with E-state index in [1.54, 1.807) is 6.07 Å². The van der Waals surface area contributed by atoms with Gasteiger partial charge in [0.15, 0.2) is 0 Å². The highest BCUT2D eigenvalue weighted by Gasteiger charge is 2.33. The third-order valence-electron chi connectivity index (χ3n) is 5.30. The van der Waals surface area contributed by atoms with E-state index in [0.29, 0.717) is 12.1 Å². The van der Waals surface area contributed by atoms with Crippen molar-refractivity contribution >= 4 is 33.2 Å². The second-order valence-corrected chi connectivity index (χ2v) is 9.99. The lowest BCUT2D eigenvalue weighted by atomic mass is 10.1. The molecule has 1 aliphatic carbocycles. The van der Waals surface area contributed by atoms with E-state index in [2.05, 4.69) is 4.72 Å². The Morgan fingerprint density at radius 1 is 1.06 bits per heavy atom. The highest BCUT2D eigenvalue weighted by molar-refractivity contribution is 7.92. The average molecular weight is 473 g/mol. The Kier molecular flexibility index (Phi) is 6.22. The van der Waals surface area contributed by atoms with Crippen LogP contribution < -0.4 is 4.72 Å². The van der Waals surface area contributed by atoms with Crippen LogP contribution in [0.2, 0.25) is 5.02 Å². The summed E-state index contributed by atoms with van der Waals surface area (Å²) in [5.74, 6) is -0.727. The normalized spacial score (nSPS) is 13.6. The first-order valence-corrected chi connectivity index (χ1v) is 12.0. The van der Waals surface area contributed by atoms with Gasteiger partial charge in [-0.1, -0.05) is 41.4 Å². The number of carbonyl (C=O) groups excluding carboxylic acids is 1. The fourth-order valence-electron chi connectivity index (χ4n) is 3.36. The minimum absolute atomic E-state index is 0.0907. The third kappa shape index (κ3) is 5.11. The molecule has 32 heavy (non-hydrogen) atoms. The number of rotatable bonds is 7. The highest BCUT2D eigenvalue weighted by atomic mass is 35.5. The van der Waals surface area contributed by atoms with Crippen LogP contribution in [0.25, 0.3) is 0 Å². The molecule has 0 saturated heterocycles. The molecule has 1 amide bonds. The van der Waals surface area contributed by atoms with E-state index in [9.17, 15) is 17.6 Å². The summed E-state index contributed by atoms with van der Waals surface area (Å²) in [6.07, 6.45) is 1.88. The fourth-order valence-corrected chi connectivity index (χ4v) is 4.65. The van der Waals surface area contributed by atoms with E-state index in [1.807, 2.05) is 36.1 Å². The van der Waals surface area contributed by atoms with Crippen LogP contribution in [-0.2, 0) is 16.6 Å². The summed E-state index contributed by atoms with van der Waals surface area (Å²) in [4.78, 5) is 15.0. The highest BCUT2D eigenvalue weighted by Crippen LogP contribution is 2.32. The summed E-state index contributed by atoms with van der Waals surface area (Å²) < 4.78 is 40.9. The average Bonchev–Trinajstić information content (AvgIpc) is 3.60. The number of nitrogens with one attached hydrogen (secondary N) is 1. The van der Waals surface area contributed by atoms with Crippen LogP contribution in [0.15, 0.2) is 71.6 Å². The summed E-state index contributed by atoms with van der Waals surface area (Å²) in [7, 11) is -4.00. The SMILES string of the molecule is Cc1ccc(CN(C(=O)c2ccc(Cl)c(NS(=O)(=O)c3ccc(F)cc3)c2)C2CC2)cc1. The second kappa shape index (κ2) is 8.92. The first-order chi connectivity index (χ1) is 15.2. The number of carbonyl (C=O) groups is 1. The van der Waals surface area contributed by atoms with Gasteiger partial charge >= 0.3 is 0 Å². The largest absolute Gasteiger partial charge is 0.331 e. The Balaban J connectivity index is 1.58. The van der Waals surface area contributed by atoms with Crippen molar-refractivity contribution in [3.8, 4) is 0 Å².